The number of aliphatic carboxylic acids is 2. The predicted octanol–water partition coefficient (Wildman–Crippen LogP) is 3.03. The quantitative estimate of drug-likeness (QED) is 0.146. The number of unbranched alkanes of at least 4 members (excludes halogenated alkanes) is 2. The van der Waals surface area contributed by atoms with Crippen molar-refractivity contribution in [2.24, 2.45) is 0 Å². The van der Waals surface area contributed by atoms with E-state index in [1.165, 1.54) is 0 Å². The molecule has 0 unspecified atom stereocenters. The summed E-state index contributed by atoms with van der Waals surface area (Å²) >= 11 is 0. The smallest absolute Gasteiger partial charge is 0.335 e. The number of carboxylic acid groups (broad SMARTS) is 4. The molecule has 36 heavy (non-hydrogen) atoms. The first kappa shape index (κ1) is 36.1. The molecule has 0 amide bonds. The SMILES string of the molecule is CCCCOC(=O)/C=C/C(=O)O.CCCCOC(=O)/C=C/C(=O)O.O=C(O)c1ccccc1.O=CO. The Labute approximate surface area is 208 Å². The van der Waals surface area contributed by atoms with Gasteiger partial charge in [0.1, 0.15) is 0 Å². The Bertz CT molecular complexity index is 787. The molecule has 0 atom stereocenters. The molecule has 0 aromatic heterocycles. The van der Waals surface area contributed by atoms with Crippen LogP contribution >= 0.6 is 0 Å². The van der Waals surface area contributed by atoms with E-state index in [1.807, 2.05) is 13.8 Å². The highest BCUT2D eigenvalue weighted by Crippen LogP contribution is 1.96. The highest BCUT2D eigenvalue weighted by molar-refractivity contribution is 5.91. The number of rotatable bonds is 11. The van der Waals surface area contributed by atoms with Crippen molar-refractivity contribution in [2.75, 3.05) is 13.2 Å². The number of ether oxygens (including phenoxy) is 2. The van der Waals surface area contributed by atoms with Gasteiger partial charge in [0.25, 0.3) is 6.47 Å². The van der Waals surface area contributed by atoms with E-state index in [-0.39, 0.29) is 6.47 Å². The van der Waals surface area contributed by atoms with Crippen LogP contribution in [0.3, 0.4) is 0 Å². The number of esters is 2. The van der Waals surface area contributed by atoms with Crippen molar-refractivity contribution in [1.29, 1.82) is 0 Å². The van der Waals surface area contributed by atoms with Crippen LogP contribution in [0.2, 0.25) is 0 Å². The molecule has 12 heteroatoms. The summed E-state index contributed by atoms with van der Waals surface area (Å²) in [6.07, 6.45) is 6.80. The minimum absolute atomic E-state index is 0.250. The van der Waals surface area contributed by atoms with E-state index in [9.17, 15) is 24.0 Å². The molecule has 0 heterocycles. The van der Waals surface area contributed by atoms with Crippen molar-refractivity contribution >= 4 is 36.3 Å². The number of hydrogen-bond acceptors (Lipinski definition) is 8. The maximum atomic E-state index is 10.6. The monoisotopic (exact) mass is 512 g/mol. The number of carboxylic acids is 3. The van der Waals surface area contributed by atoms with Gasteiger partial charge in [0.2, 0.25) is 0 Å². The highest BCUT2D eigenvalue weighted by atomic mass is 16.5. The van der Waals surface area contributed by atoms with Crippen LogP contribution in [-0.4, -0.2) is 70.0 Å². The zero-order chi connectivity index (χ0) is 28.2. The van der Waals surface area contributed by atoms with E-state index < -0.39 is 29.8 Å². The Morgan fingerprint density at radius 2 is 1.08 bits per heavy atom. The van der Waals surface area contributed by atoms with Crippen LogP contribution in [0.5, 0.6) is 0 Å². The fraction of sp³-hybridized carbons (Fsp3) is 0.333. The Balaban J connectivity index is -0.000000432. The fourth-order valence-corrected chi connectivity index (χ4v) is 1.59. The summed E-state index contributed by atoms with van der Waals surface area (Å²) in [5.74, 6) is -4.39. The molecule has 4 N–H and O–H groups in total. The van der Waals surface area contributed by atoms with E-state index in [0.29, 0.717) is 18.8 Å². The average Bonchev–Trinajstić information content (AvgIpc) is 2.83. The Kier molecular flexibility index (Phi) is 26.8. The number of aromatic carboxylic acids is 1. The molecule has 0 aliphatic carbocycles. The number of carbonyl (C=O) groups is 6. The normalized spacial score (nSPS) is 9.28. The molecule has 200 valence electrons. The standard InChI is InChI=1S/2C8H12O4.C7H6O2.CH2O2/c2*1-2-3-6-12-8(11)5-4-7(9)10;8-7(9)6-4-2-1-3-5-6;2-1-3/h2*4-5H,2-3,6H2,1H3,(H,9,10);1-5H,(H,8,9);1H,(H,2,3)/b2*5-4+;;. The Hall–Kier alpha value is -4.48. The number of carbonyl (C=O) groups excluding carboxylic acids is 2. The third-order valence-electron chi connectivity index (χ3n) is 3.23. The average molecular weight is 513 g/mol. The minimum Gasteiger partial charge on any atom is -0.483 e. The Morgan fingerprint density at radius 3 is 1.33 bits per heavy atom. The predicted molar refractivity (Wildman–Crippen MR) is 127 cm³/mol. The second-order valence-electron chi connectivity index (χ2n) is 6.16. The van der Waals surface area contributed by atoms with Crippen LogP contribution in [0.1, 0.15) is 49.9 Å². The topological polar surface area (TPSA) is 202 Å². The third kappa shape index (κ3) is 31.7. The molecule has 0 fully saturated rings. The molecule has 1 aromatic rings. The van der Waals surface area contributed by atoms with E-state index >= 15 is 0 Å². The van der Waals surface area contributed by atoms with Gasteiger partial charge in [-0.25, -0.2) is 24.0 Å². The van der Waals surface area contributed by atoms with Crippen LogP contribution in [0.4, 0.5) is 0 Å². The van der Waals surface area contributed by atoms with E-state index in [0.717, 1.165) is 50.0 Å². The van der Waals surface area contributed by atoms with Crippen molar-refractivity contribution in [2.45, 2.75) is 39.5 Å². The molecule has 0 radical (unpaired) electrons. The molecule has 0 bridgehead atoms. The van der Waals surface area contributed by atoms with Gasteiger partial charge in [-0.3, -0.25) is 4.79 Å². The van der Waals surface area contributed by atoms with Gasteiger partial charge in [-0.2, -0.15) is 0 Å². The molecule has 1 aromatic carbocycles. The summed E-state index contributed by atoms with van der Waals surface area (Å²) in [7, 11) is 0. The zero-order valence-electron chi connectivity index (χ0n) is 20.1. The van der Waals surface area contributed by atoms with Gasteiger partial charge in [-0.05, 0) is 25.0 Å². The molecule has 1 rings (SSSR count). The lowest BCUT2D eigenvalue weighted by atomic mass is 10.2. The maximum absolute atomic E-state index is 10.6. The van der Waals surface area contributed by atoms with Crippen LogP contribution in [0.25, 0.3) is 0 Å². The molecule has 0 spiro atoms. The second-order valence-corrected chi connectivity index (χ2v) is 6.16. The first-order valence-electron chi connectivity index (χ1n) is 10.6. The lowest BCUT2D eigenvalue weighted by Crippen LogP contribution is -2.02. The van der Waals surface area contributed by atoms with E-state index in [1.54, 1.807) is 30.3 Å². The van der Waals surface area contributed by atoms with Crippen LogP contribution < -0.4 is 0 Å². The van der Waals surface area contributed by atoms with Gasteiger partial charge in [-0.15, -0.1) is 0 Å². The van der Waals surface area contributed by atoms with E-state index in [2.05, 4.69) is 9.47 Å². The van der Waals surface area contributed by atoms with Gasteiger partial charge in [0, 0.05) is 24.3 Å². The van der Waals surface area contributed by atoms with Crippen molar-refractivity contribution in [3.8, 4) is 0 Å². The van der Waals surface area contributed by atoms with Gasteiger partial charge in [0.05, 0.1) is 18.8 Å². The lowest BCUT2D eigenvalue weighted by molar-refractivity contribution is -0.139. The first-order valence-corrected chi connectivity index (χ1v) is 10.6. The van der Waals surface area contributed by atoms with Gasteiger partial charge < -0.3 is 29.9 Å². The summed E-state index contributed by atoms with van der Waals surface area (Å²) < 4.78 is 9.29. The lowest BCUT2D eigenvalue weighted by Gasteiger charge is -1.97. The van der Waals surface area contributed by atoms with Crippen LogP contribution in [-0.2, 0) is 33.4 Å². The third-order valence-corrected chi connectivity index (χ3v) is 3.23. The van der Waals surface area contributed by atoms with Crippen LogP contribution in [0, 0.1) is 0 Å². The van der Waals surface area contributed by atoms with Crippen LogP contribution in [0.15, 0.2) is 54.6 Å². The molecule has 0 aliphatic rings. The van der Waals surface area contributed by atoms with Crippen molar-refractivity contribution in [1.82, 2.24) is 0 Å². The Morgan fingerprint density at radius 1 is 0.722 bits per heavy atom. The molecule has 0 saturated heterocycles. The molecule has 12 nitrogen and oxygen atoms in total. The molecular formula is C24H32O12. The molecular weight excluding hydrogens is 480 g/mol. The van der Waals surface area contributed by atoms with E-state index in [4.69, 9.17) is 25.2 Å². The largest absolute Gasteiger partial charge is 0.483 e. The number of hydrogen-bond donors (Lipinski definition) is 4. The molecule has 0 aliphatic heterocycles. The second kappa shape index (κ2) is 26.8. The number of benzene rings is 1. The maximum Gasteiger partial charge on any atom is 0.335 e. The summed E-state index contributed by atoms with van der Waals surface area (Å²) in [5.41, 5.74) is 0.331. The highest BCUT2D eigenvalue weighted by Gasteiger charge is 1.98. The van der Waals surface area contributed by atoms with Gasteiger partial charge in [0.15, 0.2) is 0 Å². The van der Waals surface area contributed by atoms with Gasteiger partial charge >= 0.3 is 29.8 Å². The summed E-state index contributed by atoms with van der Waals surface area (Å²) in [4.78, 5) is 59.7. The van der Waals surface area contributed by atoms with Crippen molar-refractivity contribution in [3.05, 3.63) is 60.2 Å². The van der Waals surface area contributed by atoms with Crippen molar-refractivity contribution < 1.29 is 58.7 Å². The van der Waals surface area contributed by atoms with Gasteiger partial charge in [-0.1, -0.05) is 44.9 Å². The van der Waals surface area contributed by atoms with Crippen molar-refractivity contribution in [3.63, 3.8) is 0 Å². The summed E-state index contributed by atoms with van der Waals surface area (Å²) in [6, 6.07) is 8.30. The summed E-state index contributed by atoms with van der Waals surface area (Å²) in [5, 5.41) is 31.6. The summed E-state index contributed by atoms with van der Waals surface area (Å²) in [6.45, 7) is 4.39. The minimum atomic E-state index is -1.15. The zero-order valence-corrected chi connectivity index (χ0v) is 20.1. The molecule has 0 saturated carbocycles. The first-order chi connectivity index (χ1) is 17.0. The fourth-order valence-electron chi connectivity index (χ4n) is 1.59.